The van der Waals surface area contributed by atoms with Gasteiger partial charge in [0.15, 0.2) is 0 Å². The van der Waals surface area contributed by atoms with E-state index in [1.165, 1.54) is 0 Å². The highest BCUT2D eigenvalue weighted by molar-refractivity contribution is 5.78. The van der Waals surface area contributed by atoms with Crippen molar-refractivity contribution in [1.29, 1.82) is 0 Å². The molecule has 0 aromatic heterocycles. The van der Waals surface area contributed by atoms with Gasteiger partial charge in [-0.25, -0.2) is 0 Å². The van der Waals surface area contributed by atoms with Gasteiger partial charge in [-0.1, -0.05) is 72.8 Å². The fourth-order valence-electron chi connectivity index (χ4n) is 3.25. The zero-order valence-electron chi connectivity index (χ0n) is 15.8. The number of amides is 1. The highest BCUT2D eigenvalue weighted by Crippen LogP contribution is 2.36. The number of rotatable bonds is 6. The van der Waals surface area contributed by atoms with Gasteiger partial charge in [0.05, 0.1) is 0 Å². The molecule has 0 fully saturated rings. The zero-order valence-corrected chi connectivity index (χ0v) is 15.8. The summed E-state index contributed by atoms with van der Waals surface area (Å²) in [6.07, 6.45) is 0.285. The largest absolute Gasteiger partial charge is 0.507 e. The zero-order chi connectivity index (χ0) is 19.2. The maximum atomic E-state index is 12.6. The Morgan fingerprint density at radius 2 is 1.56 bits per heavy atom. The van der Waals surface area contributed by atoms with Gasteiger partial charge in [0.2, 0.25) is 5.91 Å². The normalized spacial score (nSPS) is 11.8. The first-order chi connectivity index (χ1) is 13.1. The van der Waals surface area contributed by atoms with Gasteiger partial charge in [0.25, 0.3) is 0 Å². The molecule has 138 valence electrons. The third-order valence-electron chi connectivity index (χ3n) is 5.03. The predicted octanol–water partition coefficient (Wildman–Crippen LogP) is 4.85. The molecule has 3 rings (SSSR count). The SMILES string of the molecule is Cc1ccc([C@@H](CC(=O)NCc2ccccc2)c2ccccc2)c(O)c1C. The molecule has 0 aliphatic rings. The standard InChI is InChI=1S/C24H25NO2/c1-17-13-14-21(24(27)18(17)2)22(20-11-7-4-8-12-20)15-23(26)25-16-19-9-5-3-6-10-19/h3-14,22,27H,15-16H2,1-2H3,(H,25,26)/t22-/m0/s1. The van der Waals surface area contributed by atoms with Crippen molar-refractivity contribution in [1.82, 2.24) is 5.32 Å². The second-order valence-electron chi connectivity index (χ2n) is 6.88. The molecule has 0 aliphatic carbocycles. The molecule has 0 saturated carbocycles. The van der Waals surface area contributed by atoms with Crippen LogP contribution in [0.4, 0.5) is 0 Å². The van der Waals surface area contributed by atoms with Gasteiger partial charge in [-0.15, -0.1) is 0 Å². The van der Waals surface area contributed by atoms with Crippen molar-refractivity contribution in [2.75, 3.05) is 0 Å². The van der Waals surface area contributed by atoms with Crippen LogP contribution in [0, 0.1) is 13.8 Å². The second kappa shape index (κ2) is 8.54. The first kappa shape index (κ1) is 18.7. The predicted molar refractivity (Wildman–Crippen MR) is 109 cm³/mol. The smallest absolute Gasteiger partial charge is 0.221 e. The van der Waals surface area contributed by atoms with Crippen LogP contribution in [0.1, 0.15) is 40.2 Å². The molecule has 1 atom stereocenters. The van der Waals surface area contributed by atoms with Gasteiger partial charge in [0.1, 0.15) is 5.75 Å². The highest BCUT2D eigenvalue weighted by Gasteiger charge is 2.22. The molecule has 3 heteroatoms. The van der Waals surface area contributed by atoms with Crippen LogP contribution in [0.3, 0.4) is 0 Å². The number of phenolic OH excluding ortho intramolecular Hbond substituents is 1. The third-order valence-corrected chi connectivity index (χ3v) is 5.03. The van der Waals surface area contributed by atoms with Gasteiger partial charge in [-0.2, -0.15) is 0 Å². The summed E-state index contributed by atoms with van der Waals surface area (Å²) in [4.78, 5) is 12.6. The summed E-state index contributed by atoms with van der Waals surface area (Å²) in [5.41, 5.74) is 4.77. The molecule has 1 amide bonds. The quantitative estimate of drug-likeness (QED) is 0.661. The summed E-state index contributed by atoms with van der Waals surface area (Å²) < 4.78 is 0. The van der Waals surface area contributed by atoms with Crippen LogP contribution in [-0.2, 0) is 11.3 Å². The Labute approximate surface area is 160 Å². The molecule has 0 saturated heterocycles. The van der Waals surface area contributed by atoms with Gasteiger partial charge < -0.3 is 10.4 Å². The Morgan fingerprint density at radius 1 is 0.926 bits per heavy atom. The van der Waals surface area contributed by atoms with E-state index in [4.69, 9.17) is 0 Å². The Balaban J connectivity index is 1.83. The van der Waals surface area contributed by atoms with Crippen molar-refractivity contribution in [3.8, 4) is 5.75 Å². The molecule has 0 unspecified atom stereocenters. The molecule has 0 radical (unpaired) electrons. The molecule has 0 bridgehead atoms. The van der Waals surface area contributed by atoms with Gasteiger partial charge in [-0.05, 0) is 36.1 Å². The minimum atomic E-state index is -0.193. The number of aryl methyl sites for hydroxylation is 1. The minimum absolute atomic E-state index is 0.0367. The fourth-order valence-corrected chi connectivity index (χ4v) is 3.25. The van der Waals surface area contributed by atoms with Crippen molar-refractivity contribution >= 4 is 5.91 Å². The van der Waals surface area contributed by atoms with E-state index in [0.29, 0.717) is 6.54 Å². The van der Waals surface area contributed by atoms with E-state index in [-0.39, 0.29) is 24.0 Å². The molecule has 0 aliphatic heterocycles. The van der Waals surface area contributed by atoms with Crippen molar-refractivity contribution in [2.24, 2.45) is 0 Å². The fraction of sp³-hybridized carbons (Fsp3) is 0.208. The van der Waals surface area contributed by atoms with E-state index >= 15 is 0 Å². The lowest BCUT2D eigenvalue weighted by molar-refractivity contribution is -0.121. The number of hydrogen-bond donors (Lipinski definition) is 2. The van der Waals surface area contributed by atoms with Crippen molar-refractivity contribution < 1.29 is 9.90 Å². The Hall–Kier alpha value is -3.07. The Bertz CT molecular complexity index is 904. The van der Waals surface area contributed by atoms with E-state index in [1.54, 1.807) is 0 Å². The number of aromatic hydroxyl groups is 1. The Morgan fingerprint density at radius 3 is 2.22 bits per heavy atom. The lowest BCUT2D eigenvalue weighted by Crippen LogP contribution is -2.25. The summed E-state index contributed by atoms with van der Waals surface area (Å²) >= 11 is 0. The summed E-state index contributed by atoms with van der Waals surface area (Å²) in [7, 11) is 0. The molecule has 27 heavy (non-hydrogen) atoms. The van der Waals surface area contributed by atoms with Crippen LogP contribution in [0.5, 0.6) is 5.75 Å². The van der Waals surface area contributed by atoms with E-state index in [2.05, 4.69) is 5.32 Å². The van der Waals surface area contributed by atoms with Gasteiger partial charge in [0, 0.05) is 24.4 Å². The number of carbonyl (C=O) groups excluding carboxylic acids is 1. The molecule has 0 spiro atoms. The van der Waals surface area contributed by atoms with Crippen LogP contribution in [0.25, 0.3) is 0 Å². The average molecular weight is 359 g/mol. The number of nitrogens with one attached hydrogen (secondary N) is 1. The van der Waals surface area contributed by atoms with Crippen LogP contribution in [0.2, 0.25) is 0 Å². The monoisotopic (exact) mass is 359 g/mol. The van der Waals surface area contributed by atoms with Crippen molar-refractivity contribution in [2.45, 2.75) is 32.7 Å². The summed E-state index contributed by atoms with van der Waals surface area (Å²) in [6.45, 7) is 4.38. The molecule has 2 N–H and O–H groups in total. The minimum Gasteiger partial charge on any atom is -0.507 e. The maximum Gasteiger partial charge on any atom is 0.221 e. The number of benzene rings is 3. The average Bonchev–Trinajstić information content (AvgIpc) is 2.71. The van der Waals surface area contributed by atoms with Crippen LogP contribution in [-0.4, -0.2) is 11.0 Å². The molecular weight excluding hydrogens is 334 g/mol. The van der Waals surface area contributed by atoms with Crippen LogP contribution in [0.15, 0.2) is 72.8 Å². The number of carbonyl (C=O) groups is 1. The lowest BCUT2D eigenvalue weighted by Gasteiger charge is -2.20. The molecule has 3 nitrogen and oxygen atoms in total. The molecule has 3 aromatic rings. The first-order valence-corrected chi connectivity index (χ1v) is 9.21. The number of hydrogen-bond acceptors (Lipinski definition) is 2. The number of phenols is 1. The van der Waals surface area contributed by atoms with Crippen LogP contribution < -0.4 is 5.32 Å². The maximum absolute atomic E-state index is 12.6. The van der Waals surface area contributed by atoms with Gasteiger partial charge in [-0.3, -0.25) is 4.79 Å². The van der Waals surface area contributed by atoms with E-state index in [1.807, 2.05) is 86.6 Å². The summed E-state index contributed by atoms with van der Waals surface area (Å²) in [6, 6.07) is 23.7. The van der Waals surface area contributed by atoms with Crippen LogP contribution >= 0.6 is 0 Å². The van der Waals surface area contributed by atoms with Gasteiger partial charge >= 0.3 is 0 Å². The van der Waals surface area contributed by atoms with E-state index < -0.39 is 0 Å². The second-order valence-corrected chi connectivity index (χ2v) is 6.88. The van der Waals surface area contributed by atoms with Crippen molar-refractivity contribution in [3.05, 3.63) is 101 Å². The molecule has 0 heterocycles. The Kier molecular flexibility index (Phi) is 5.92. The molecule has 3 aromatic carbocycles. The van der Waals surface area contributed by atoms with E-state index in [0.717, 1.165) is 27.8 Å². The highest BCUT2D eigenvalue weighted by atomic mass is 16.3. The summed E-state index contributed by atoms with van der Waals surface area (Å²) in [5, 5.41) is 13.7. The third kappa shape index (κ3) is 4.56. The summed E-state index contributed by atoms with van der Waals surface area (Å²) in [5.74, 6) is 0.0475. The molecular formula is C24H25NO2. The topological polar surface area (TPSA) is 49.3 Å². The van der Waals surface area contributed by atoms with E-state index in [9.17, 15) is 9.90 Å². The van der Waals surface area contributed by atoms with Crippen molar-refractivity contribution in [3.63, 3.8) is 0 Å². The lowest BCUT2D eigenvalue weighted by atomic mass is 9.86. The first-order valence-electron chi connectivity index (χ1n) is 9.21.